The molecule has 102 valence electrons. The molecule has 1 aromatic heterocycles. The first-order valence-corrected chi connectivity index (χ1v) is 8.48. The molecule has 0 fully saturated rings. The van der Waals surface area contributed by atoms with Crippen LogP contribution < -0.4 is 10.0 Å². The predicted octanol–water partition coefficient (Wildman–Crippen LogP) is 1.70. The molecule has 0 aliphatic heterocycles. The molecule has 1 heterocycles. The lowest BCUT2D eigenvalue weighted by Gasteiger charge is -2.11. The van der Waals surface area contributed by atoms with Crippen LogP contribution >= 0.6 is 27.3 Å². The van der Waals surface area contributed by atoms with Crippen LogP contribution in [0.3, 0.4) is 0 Å². The van der Waals surface area contributed by atoms with Crippen molar-refractivity contribution in [3.63, 3.8) is 0 Å². The first-order chi connectivity index (χ1) is 8.35. The van der Waals surface area contributed by atoms with E-state index in [1.165, 1.54) is 6.07 Å². The van der Waals surface area contributed by atoms with Gasteiger partial charge < -0.3 is 5.32 Å². The Bertz CT molecular complexity index is 513. The molecule has 1 aromatic rings. The van der Waals surface area contributed by atoms with E-state index in [9.17, 15) is 13.2 Å². The Morgan fingerprint density at radius 2 is 2.17 bits per heavy atom. The van der Waals surface area contributed by atoms with Crippen LogP contribution in [0, 0.1) is 0 Å². The number of hydrogen-bond donors (Lipinski definition) is 2. The molecule has 0 aliphatic carbocycles. The van der Waals surface area contributed by atoms with Crippen LogP contribution in [-0.4, -0.2) is 26.9 Å². The Morgan fingerprint density at radius 3 is 2.67 bits per heavy atom. The number of nitrogens with one attached hydrogen (secondary N) is 2. The zero-order chi connectivity index (χ0) is 13.8. The summed E-state index contributed by atoms with van der Waals surface area (Å²) in [5, 5.41) is 2.69. The molecule has 1 atom stereocenters. The molecule has 8 heteroatoms. The first kappa shape index (κ1) is 15.6. The normalized spacial score (nSPS) is 13.3. The molecule has 1 amide bonds. The summed E-state index contributed by atoms with van der Waals surface area (Å²) >= 11 is 4.29. The van der Waals surface area contributed by atoms with Crippen molar-refractivity contribution in [3.05, 3.63) is 15.9 Å². The van der Waals surface area contributed by atoms with Crippen molar-refractivity contribution in [2.45, 2.75) is 30.5 Å². The highest BCUT2D eigenvalue weighted by Crippen LogP contribution is 2.25. The predicted molar refractivity (Wildman–Crippen MR) is 75.1 cm³/mol. The number of halogens is 1. The summed E-state index contributed by atoms with van der Waals surface area (Å²) in [6.45, 7) is 3.56. The summed E-state index contributed by atoms with van der Waals surface area (Å²) in [4.78, 5) is 11.5. The molecule has 0 saturated heterocycles. The van der Waals surface area contributed by atoms with Crippen molar-refractivity contribution < 1.29 is 13.2 Å². The SMILES string of the molecule is CCC(C)NC(=O)CNS(=O)(=O)c1ccc(Br)s1. The Balaban J connectivity index is 2.55. The van der Waals surface area contributed by atoms with Gasteiger partial charge in [0.25, 0.3) is 10.0 Å². The average molecular weight is 355 g/mol. The molecular weight excluding hydrogens is 340 g/mol. The van der Waals surface area contributed by atoms with E-state index in [4.69, 9.17) is 0 Å². The molecule has 1 unspecified atom stereocenters. The van der Waals surface area contributed by atoms with Gasteiger partial charge in [0.1, 0.15) is 4.21 Å². The van der Waals surface area contributed by atoms with E-state index >= 15 is 0 Å². The van der Waals surface area contributed by atoms with Crippen LogP contribution in [0.25, 0.3) is 0 Å². The Labute approximate surface area is 119 Å². The molecule has 0 aliphatic rings. The van der Waals surface area contributed by atoms with Gasteiger partial charge in [0, 0.05) is 6.04 Å². The van der Waals surface area contributed by atoms with Crippen molar-refractivity contribution in [2.24, 2.45) is 0 Å². The van der Waals surface area contributed by atoms with E-state index in [0.717, 1.165) is 21.5 Å². The number of sulfonamides is 1. The van der Waals surface area contributed by atoms with E-state index in [-0.39, 0.29) is 22.7 Å². The standard InChI is InChI=1S/C10H15BrN2O3S2/c1-3-7(2)13-9(14)6-12-18(15,16)10-5-4-8(11)17-10/h4-5,7,12H,3,6H2,1-2H3,(H,13,14). The number of thiophene rings is 1. The third-order valence-electron chi connectivity index (χ3n) is 2.26. The fourth-order valence-electron chi connectivity index (χ4n) is 1.10. The maximum absolute atomic E-state index is 11.8. The third-order valence-corrected chi connectivity index (χ3v) is 5.77. The van der Waals surface area contributed by atoms with E-state index in [2.05, 4.69) is 26.0 Å². The van der Waals surface area contributed by atoms with E-state index < -0.39 is 10.0 Å². The Kier molecular flexibility index (Phi) is 5.77. The highest BCUT2D eigenvalue weighted by Gasteiger charge is 2.17. The van der Waals surface area contributed by atoms with Gasteiger partial charge in [0.2, 0.25) is 5.91 Å². The van der Waals surface area contributed by atoms with Gasteiger partial charge in [-0.1, -0.05) is 6.92 Å². The van der Waals surface area contributed by atoms with Crippen LogP contribution in [0.4, 0.5) is 0 Å². The van der Waals surface area contributed by atoms with E-state index in [1.54, 1.807) is 6.07 Å². The minimum atomic E-state index is -3.60. The van der Waals surface area contributed by atoms with Crippen LogP contribution in [0.2, 0.25) is 0 Å². The summed E-state index contributed by atoms with van der Waals surface area (Å²) in [5.74, 6) is -0.330. The Hall–Kier alpha value is -0.440. The highest BCUT2D eigenvalue weighted by atomic mass is 79.9. The summed E-state index contributed by atoms with van der Waals surface area (Å²) < 4.78 is 26.8. The fourth-order valence-corrected chi connectivity index (χ4v) is 4.14. The number of carbonyl (C=O) groups is 1. The number of rotatable bonds is 6. The minimum Gasteiger partial charge on any atom is -0.353 e. The van der Waals surface area contributed by atoms with Crippen LogP contribution in [0.5, 0.6) is 0 Å². The summed E-state index contributed by atoms with van der Waals surface area (Å²) in [6, 6.07) is 3.18. The largest absolute Gasteiger partial charge is 0.353 e. The highest BCUT2D eigenvalue weighted by molar-refractivity contribution is 9.11. The molecule has 5 nitrogen and oxygen atoms in total. The average Bonchev–Trinajstić information content (AvgIpc) is 2.74. The first-order valence-electron chi connectivity index (χ1n) is 5.39. The fraction of sp³-hybridized carbons (Fsp3) is 0.500. The zero-order valence-electron chi connectivity index (χ0n) is 10.1. The molecular formula is C10H15BrN2O3S2. The van der Waals surface area contributed by atoms with Gasteiger partial charge in [-0.3, -0.25) is 4.79 Å². The monoisotopic (exact) mass is 354 g/mol. The maximum atomic E-state index is 11.8. The van der Waals surface area contributed by atoms with Crippen molar-refractivity contribution in [2.75, 3.05) is 6.54 Å². The molecule has 0 bridgehead atoms. The number of amides is 1. The van der Waals surface area contributed by atoms with Gasteiger partial charge in [0.05, 0.1) is 10.3 Å². The summed E-state index contributed by atoms with van der Waals surface area (Å²) in [7, 11) is -3.60. The van der Waals surface area contributed by atoms with E-state index in [1.807, 2.05) is 13.8 Å². The third kappa shape index (κ3) is 4.68. The van der Waals surface area contributed by atoms with Crippen molar-refractivity contribution in [1.29, 1.82) is 0 Å². The molecule has 0 saturated carbocycles. The summed E-state index contributed by atoms with van der Waals surface area (Å²) in [6.07, 6.45) is 0.802. The van der Waals surface area contributed by atoms with Crippen LogP contribution in [0.15, 0.2) is 20.1 Å². The second-order valence-corrected chi connectivity index (χ2v) is 8.22. The summed E-state index contributed by atoms with van der Waals surface area (Å²) in [5.41, 5.74) is 0. The van der Waals surface area contributed by atoms with E-state index in [0.29, 0.717) is 0 Å². The van der Waals surface area contributed by atoms with Crippen LogP contribution in [-0.2, 0) is 14.8 Å². The smallest absolute Gasteiger partial charge is 0.250 e. The number of carbonyl (C=O) groups excluding carboxylic acids is 1. The van der Waals surface area contributed by atoms with Gasteiger partial charge in [0.15, 0.2) is 0 Å². The van der Waals surface area contributed by atoms with Gasteiger partial charge in [-0.25, -0.2) is 13.1 Å². The molecule has 0 spiro atoms. The van der Waals surface area contributed by atoms with Gasteiger partial charge in [-0.05, 0) is 41.4 Å². The lowest BCUT2D eigenvalue weighted by atomic mass is 10.2. The quantitative estimate of drug-likeness (QED) is 0.816. The minimum absolute atomic E-state index is 0.0397. The van der Waals surface area contributed by atoms with Crippen molar-refractivity contribution in [3.8, 4) is 0 Å². The van der Waals surface area contributed by atoms with Gasteiger partial charge in [-0.15, -0.1) is 11.3 Å². The molecule has 18 heavy (non-hydrogen) atoms. The number of hydrogen-bond acceptors (Lipinski definition) is 4. The molecule has 1 rings (SSSR count). The Morgan fingerprint density at radius 1 is 1.50 bits per heavy atom. The van der Waals surface area contributed by atoms with Crippen molar-refractivity contribution >= 4 is 43.2 Å². The lowest BCUT2D eigenvalue weighted by molar-refractivity contribution is -0.120. The lowest BCUT2D eigenvalue weighted by Crippen LogP contribution is -2.40. The van der Waals surface area contributed by atoms with Crippen LogP contribution in [0.1, 0.15) is 20.3 Å². The second-order valence-electron chi connectivity index (χ2n) is 3.76. The maximum Gasteiger partial charge on any atom is 0.250 e. The molecule has 2 N–H and O–H groups in total. The zero-order valence-corrected chi connectivity index (χ0v) is 13.3. The second kappa shape index (κ2) is 6.65. The van der Waals surface area contributed by atoms with Gasteiger partial charge >= 0.3 is 0 Å². The topological polar surface area (TPSA) is 75.3 Å². The van der Waals surface area contributed by atoms with Gasteiger partial charge in [-0.2, -0.15) is 0 Å². The molecule has 0 radical (unpaired) electrons. The van der Waals surface area contributed by atoms with Crippen molar-refractivity contribution in [1.82, 2.24) is 10.0 Å². The molecule has 0 aromatic carbocycles.